The predicted molar refractivity (Wildman–Crippen MR) is 105 cm³/mol. The molecule has 146 valence electrons. The molecular formula is C22H24N2O4. The van der Waals surface area contributed by atoms with Gasteiger partial charge in [-0.15, -0.1) is 0 Å². The minimum atomic E-state index is -0.326. The van der Waals surface area contributed by atoms with Crippen LogP contribution in [0.3, 0.4) is 0 Å². The van der Waals surface area contributed by atoms with E-state index in [0.717, 1.165) is 29.9 Å². The minimum absolute atomic E-state index is 0.101. The van der Waals surface area contributed by atoms with Crippen LogP contribution in [0, 0.1) is 0 Å². The molecule has 0 saturated carbocycles. The predicted octanol–water partition coefficient (Wildman–Crippen LogP) is 2.82. The first-order valence-corrected chi connectivity index (χ1v) is 9.45. The van der Waals surface area contributed by atoms with Gasteiger partial charge in [0.05, 0.1) is 18.2 Å². The van der Waals surface area contributed by atoms with E-state index >= 15 is 0 Å². The quantitative estimate of drug-likeness (QED) is 0.536. The van der Waals surface area contributed by atoms with Gasteiger partial charge < -0.3 is 10.1 Å². The number of carbonyl (C=O) groups is 3. The summed E-state index contributed by atoms with van der Waals surface area (Å²) < 4.78 is 5.14. The highest BCUT2D eigenvalue weighted by molar-refractivity contribution is 6.21. The van der Waals surface area contributed by atoms with Gasteiger partial charge >= 0.3 is 0 Å². The monoisotopic (exact) mass is 380 g/mol. The highest BCUT2D eigenvalue weighted by Crippen LogP contribution is 2.22. The topological polar surface area (TPSA) is 75.7 Å². The lowest BCUT2D eigenvalue weighted by Gasteiger charge is -2.13. The van der Waals surface area contributed by atoms with Gasteiger partial charge in [0.15, 0.2) is 0 Å². The molecule has 0 spiro atoms. The fourth-order valence-electron chi connectivity index (χ4n) is 3.22. The van der Waals surface area contributed by atoms with Crippen molar-refractivity contribution in [2.24, 2.45) is 0 Å². The van der Waals surface area contributed by atoms with Crippen molar-refractivity contribution in [1.29, 1.82) is 0 Å². The van der Waals surface area contributed by atoms with Gasteiger partial charge in [0.2, 0.25) is 5.91 Å². The summed E-state index contributed by atoms with van der Waals surface area (Å²) in [5.74, 6) is 0.0378. The number of hydrogen-bond acceptors (Lipinski definition) is 4. The number of rotatable bonds is 9. The Bertz CT molecular complexity index is 826. The van der Waals surface area contributed by atoms with Gasteiger partial charge in [-0.05, 0) is 49.1 Å². The lowest BCUT2D eigenvalue weighted by atomic mass is 10.1. The summed E-state index contributed by atoms with van der Waals surface area (Å²) in [6, 6.07) is 14.7. The first-order chi connectivity index (χ1) is 13.6. The van der Waals surface area contributed by atoms with E-state index in [1.807, 2.05) is 24.3 Å². The van der Waals surface area contributed by atoms with E-state index in [2.05, 4.69) is 5.32 Å². The van der Waals surface area contributed by atoms with E-state index in [4.69, 9.17) is 4.74 Å². The van der Waals surface area contributed by atoms with Crippen LogP contribution in [0.2, 0.25) is 0 Å². The summed E-state index contributed by atoms with van der Waals surface area (Å²) in [5, 5.41) is 2.85. The Kier molecular flexibility index (Phi) is 6.42. The van der Waals surface area contributed by atoms with Crippen molar-refractivity contribution in [1.82, 2.24) is 10.2 Å². The van der Waals surface area contributed by atoms with Crippen molar-refractivity contribution < 1.29 is 19.1 Å². The van der Waals surface area contributed by atoms with E-state index in [1.54, 1.807) is 31.4 Å². The SMILES string of the molecule is COc1ccc(CCCCNC(=O)CCN2C(=O)c3ccccc3C2=O)cc1. The third kappa shape index (κ3) is 4.57. The average molecular weight is 380 g/mol. The van der Waals surface area contributed by atoms with Gasteiger partial charge in [-0.2, -0.15) is 0 Å². The van der Waals surface area contributed by atoms with Gasteiger partial charge in [-0.1, -0.05) is 24.3 Å². The molecule has 28 heavy (non-hydrogen) atoms. The molecule has 6 heteroatoms. The van der Waals surface area contributed by atoms with Crippen LogP contribution in [-0.4, -0.2) is 42.8 Å². The second-order valence-electron chi connectivity index (χ2n) is 6.71. The van der Waals surface area contributed by atoms with E-state index in [0.29, 0.717) is 17.7 Å². The van der Waals surface area contributed by atoms with Crippen LogP contribution >= 0.6 is 0 Å². The maximum Gasteiger partial charge on any atom is 0.261 e. The van der Waals surface area contributed by atoms with Crippen LogP contribution in [0.4, 0.5) is 0 Å². The van der Waals surface area contributed by atoms with Gasteiger partial charge in [-0.25, -0.2) is 0 Å². The number of nitrogens with one attached hydrogen (secondary N) is 1. The van der Waals surface area contributed by atoms with E-state index in [9.17, 15) is 14.4 Å². The largest absolute Gasteiger partial charge is 0.497 e. The number of amides is 3. The summed E-state index contributed by atoms with van der Waals surface area (Å²) in [6.07, 6.45) is 2.88. The number of hydrogen-bond donors (Lipinski definition) is 1. The van der Waals surface area contributed by atoms with Crippen molar-refractivity contribution >= 4 is 17.7 Å². The van der Waals surface area contributed by atoms with E-state index in [1.165, 1.54) is 5.56 Å². The second-order valence-corrected chi connectivity index (χ2v) is 6.71. The smallest absolute Gasteiger partial charge is 0.261 e. The first kappa shape index (κ1) is 19.6. The molecule has 0 radical (unpaired) electrons. The zero-order chi connectivity index (χ0) is 19.9. The van der Waals surface area contributed by atoms with Gasteiger partial charge in [0.25, 0.3) is 11.8 Å². The summed E-state index contributed by atoms with van der Waals surface area (Å²) in [4.78, 5) is 37.7. The number of unbranched alkanes of at least 4 members (excludes halogenated alkanes) is 1. The van der Waals surface area contributed by atoms with Gasteiger partial charge in [0.1, 0.15) is 5.75 Å². The molecule has 1 aliphatic rings. The molecule has 1 heterocycles. The Morgan fingerprint density at radius 1 is 0.964 bits per heavy atom. The number of ether oxygens (including phenoxy) is 1. The zero-order valence-electron chi connectivity index (χ0n) is 15.9. The summed E-state index contributed by atoms with van der Waals surface area (Å²) in [7, 11) is 1.64. The lowest BCUT2D eigenvalue weighted by molar-refractivity contribution is -0.121. The number of carbonyl (C=O) groups excluding carboxylic acids is 3. The number of aryl methyl sites for hydroxylation is 1. The molecule has 0 fully saturated rings. The van der Waals surface area contributed by atoms with Crippen LogP contribution in [-0.2, 0) is 11.2 Å². The third-order valence-corrected chi connectivity index (χ3v) is 4.81. The molecule has 0 saturated heterocycles. The molecule has 3 rings (SSSR count). The Hall–Kier alpha value is -3.15. The Morgan fingerprint density at radius 2 is 1.61 bits per heavy atom. The molecular weight excluding hydrogens is 356 g/mol. The summed E-state index contributed by atoms with van der Waals surface area (Å²) >= 11 is 0. The molecule has 0 aliphatic carbocycles. The van der Waals surface area contributed by atoms with E-state index in [-0.39, 0.29) is 30.7 Å². The van der Waals surface area contributed by atoms with Crippen LogP contribution in [0.1, 0.15) is 45.5 Å². The Morgan fingerprint density at radius 3 is 2.21 bits per heavy atom. The standard InChI is InChI=1S/C22H24N2O4/c1-28-17-11-9-16(10-12-17)6-4-5-14-23-20(25)13-15-24-21(26)18-7-2-3-8-19(18)22(24)27/h2-3,7-12H,4-6,13-15H2,1H3,(H,23,25). The molecule has 0 atom stereocenters. The molecule has 1 N–H and O–H groups in total. The number of fused-ring (bicyclic) bond motifs is 1. The maximum absolute atomic E-state index is 12.3. The third-order valence-electron chi connectivity index (χ3n) is 4.81. The lowest BCUT2D eigenvalue weighted by Crippen LogP contribution is -2.34. The molecule has 1 aliphatic heterocycles. The number of methoxy groups -OCH3 is 1. The van der Waals surface area contributed by atoms with Crippen molar-refractivity contribution in [3.63, 3.8) is 0 Å². The molecule has 2 aromatic carbocycles. The fourth-order valence-corrected chi connectivity index (χ4v) is 3.22. The van der Waals surface area contributed by atoms with Crippen molar-refractivity contribution in [2.75, 3.05) is 20.2 Å². The first-order valence-electron chi connectivity index (χ1n) is 9.45. The van der Waals surface area contributed by atoms with Gasteiger partial charge in [0, 0.05) is 19.5 Å². The summed E-state index contributed by atoms with van der Waals surface area (Å²) in [5.41, 5.74) is 2.05. The highest BCUT2D eigenvalue weighted by atomic mass is 16.5. The second kappa shape index (κ2) is 9.17. The van der Waals surface area contributed by atoms with Crippen molar-refractivity contribution in [3.8, 4) is 5.75 Å². The van der Waals surface area contributed by atoms with Crippen molar-refractivity contribution in [3.05, 3.63) is 65.2 Å². The molecule has 3 amide bonds. The van der Waals surface area contributed by atoms with Crippen LogP contribution < -0.4 is 10.1 Å². The number of benzene rings is 2. The maximum atomic E-state index is 12.3. The van der Waals surface area contributed by atoms with Crippen LogP contribution in [0.15, 0.2) is 48.5 Å². The minimum Gasteiger partial charge on any atom is -0.497 e. The van der Waals surface area contributed by atoms with E-state index < -0.39 is 0 Å². The molecule has 0 aromatic heterocycles. The van der Waals surface area contributed by atoms with Gasteiger partial charge in [-0.3, -0.25) is 19.3 Å². The highest BCUT2D eigenvalue weighted by Gasteiger charge is 2.34. The Labute approximate surface area is 164 Å². The average Bonchev–Trinajstić information content (AvgIpc) is 2.97. The Balaban J connectivity index is 1.34. The number of nitrogens with zero attached hydrogens (tertiary/aromatic N) is 1. The fraction of sp³-hybridized carbons (Fsp3) is 0.318. The van der Waals surface area contributed by atoms with Crippen molar-refractivity contribution in [2.45, 2.75) is 25.7 Å². The molecule has 0 bridgehead atoms. The molecule has 0 unspecified atom stereocenters. The van der Waals surface area contributed by atoms with Crippen LogP contribution in [0.25, 0.3) is 0 Å². The molecule has 2 aromatic rings. The molecule has 6 nitrogen and oxygen atoms in total. The zero-order valence-corrected chi connectivity index (χ0v) is 15.9. The number of imide groups is 1. The normalized spacial score (nSPS) is 12.8. The van der Waals surface area contributed by atoms with Crippen LogP contribution in [0.5, 0.6) is 5.75 Å². The summed E-state index contributed by atoms with van der Waals surface area (Å²) in [6.45, 7) is 0.682.